The quantitative estimate of drug-likeness (QED) is 0.657. The molecule has 0 atom stereocenters. The first-order valence-corrected chi connectivity index (χ1v) is 10.1. The minimum absolute atomic E-state index is 0.285. The van der Waals surface area contributed by atoms with Gasteiger partial charge in [0.05, 0.1) is 28.8 Å². The van der Waals surface area contributed by atoms with Crippen LogP contribution in [0, 0.1) is 24.1 Å². The van der Waals surface area contributed by atoms with Crippen molar-refractivity contribution in [1.29, 1.82) is 5.26 Å². The normalized spacial score (nSPS) is 13.5. The molecule has 2 aromatic carbocycles. The second kappa shape index (κ2) is 8.88. The molecular formula is C23H22FN5O2. The monoisotopic (exact) mass is 419 g/mol. The van der Waals surface area contributed by atoms with Crippen LogP contribution in [0.1, 0.15) is 30.5 Å². The van der Waals surface area contributed by atoms with Gasteiger partial charge in [0.1, 0.15) is 11.9 Å². The third-order valence-electron chi connectivity index (χ3n) is 5.30. The van der Waals surface area contributed by atoms with E-state index in [2.05, 4.69) is 21.4 Å². The van der Waals surface area contributed by atoms with Gasteiger partial charge in [0.25, 0.3) is 0 Å². The van der Waals surface area contributed by atoms with Crippen LogP contribution in [0.3, 0.4) is 0 Å². The van der Waals surface area contributed by atoms with Crippen molar-refractivity contribution in [3.8, 4) is 17.5 Å². The molecule has 1 saturated heterocycles. The van der Waals surface area contributed by atoms with Gasteiger partial charge < -0.3 is 9.64 Å². The van der Waals surface area contributed by atoms with E-state index in [4.69, 9.17) is 4.74 Å². The lowest BCUT2D eigenvalue weighted by Gasteiger charge is -2.29. The molecule has 0 saturated carbocycles. The Balaban J connectivity index is 1.45. The average Bonchev–Trinajstić information content (AvgIpc) is 3.14. The van der Waals surface area contributed by atoms with E-state index in [0.29, 0.717) is 22.6 Å². The predicted octanol–water partition coefficient (Wildman–Crippen LogP) is 4.79. The molecule has 1 fully saturated rings. The zero-order chi connectivity index (χ0) is 21.8. The number of benzene rings is 2. The number of nitrogens with zero attached hydrogens (tertiary/aromatic N) is 4. The Bertz CT molecular complexity index is 1130. The van der Waals surface area contributed by atoms with E-state index in [9.17, 15) is 14.4 Å². The summed E-state index contributed by atoms with van der Waals surface area (Å²) >= 11 is 0. The second-order valence-corrected chi connectivity index (χ2v) is 7.39. The minimum atomic E-state index is -0.684. The molecule has 0 radical (unpaired) electrons. The Morgan fingerprint density at radius 1 is 1.16 bits per heavy atom. The number of amides is 1. The zero-order valence-electron chi connectivity index (χ0n) is 17.1. The number of carbonyl (C=O) groups excluding carboxylic acids is 1. The van der Waals surface area contributed by atoms with Crippen molar-refractivity contribution >= 4 is 17.5 Å². The van der Waals surface area contributed by atoms with E-state index in [1.807, 2.05) is 6.07 Å². The summed E-state index contributed by atoms with van der Waals surface area (Å²) in [6, 6.07) is 13.3. The zero-order valence-corrected chi connectivity index (χ0v) is 17.1. The standard InChI is InChI=1S/C23H22FN5O2/c1-16-22(15-26-29(16)20-8-5-18(24)6-9-20)31-23(30)27-19-7-10-21(17(13-19)14-25)28-11-3-2-4-12-28/h5-10,13,15H,2-4,11-12H2,1H3,(H,27,30). The van der Waals surface area contributed by atoms with Gasteiger partial charge in [-0.3, -0.25) is 5.32 Å². The fourth-order valence-electron chi connectivity index (χ4n) is 3.69. The highest BCUT2D eigenvalue weighted by Gasteiger charge is 2.17. The number of aromatic nitrogens is 2. The van der Waals surface area contributed by atoms with Crippen molar-refractivity contribution in [1.82, 2.24) is 9.78 Å². The van der Waals surface area contributed by atoms with Gasteiger partial charge in [0.2, 0.25) is 0 Å². The molecule has 1 aliphatic heterocycles. The van der Waals surface area contributed by atoms with Crippen LogP contribution >= 0.6 is 0 Å². The lowest BCUT2D eigenvalue weighted by Crippen LogP contribution is -2.30. The van der Waals surface area contributed by atoms with Crippen LogP contribution in [0.15, 0.2) is 48.7 Å². The summed E-state index contributed by atoms with van der Waals surface area (Å²) in [5.74, 6) is -0.0558. The van der Waals surface area contributed by atoms with Gasteiger partial charge in [-0.15, -0.1) is 0 Å². The van der Waals surface area contributed by atoms with E-state index in [1.54, 1.807) is 35.9 Å². The third-order valence-corrected chi connectivity index (χ3v) is 5.30. The summed E-state index contributed by atoms with van der Waals surface area (Å²) < 4.78 is 20.1. The molecule has 31 heavy (non-hydrogen) atoms. The molecule has 1 aromatic heterocycles. The second-order valence-electron chi connectivity index (χ2n) is 7.39. The van der Waals surface area contributed by atoms with E-state index < -0.39 is 6.09 Å². The van der Waals surface area contributed by atoms with Crippen LogP contribution in [0.4, 0.5) is 20.6 Å². The van der Waals surface area contributed by atoms with Gasteiger partial charge in [-0.05, 0) is 68.7 Å². The van der Waals surface area contributed by atoms with Crippen molar-refractivity contribution < 1.29 is 13.9 Å². The number of ether oxygens (including phenoxy) is 1. The molecule has 1 N–H and O–H groups in total. The molecule has 1 amide bonds. The molecule has 7 nitrogen and oxygen atoms in total. The average molecular weight is 419 g/mol. The number of nitriles is 1. The number of anilines is 2. The molecule has 2 heterocycles. The molecule has 3 aromatic rings. The number of rotatable bonds is 4. The summed E-state index contributed by atoms with van der Waals surface area (Å²) in [5, 5.41) is 16.4. The third kappa shape index (κ3) is 4.51. The van der Waals surface area contributed by atoms with E-state index >= 15 is 0 Å². The highest BCUT2D eigenvalue weighted by atomic mass is 19.1. The highest BCUT2D eigenvalue weighted by molar-refractivity contribution is 5.87. The number of carbonyl (C=O) groups is 1. The van der Waals surface area contributed by atoms with Crippen LogP contribution in [-0.2, 0) is 0 Å². The first-order valence-electron chi connectivity index (χ1n) is 10.1. The summed E-state index contributed by atoms with van der Waals surface area (Å²) in [6.07, 6.45) is 4.18. The van der Waals surface area contributed by atoms with E-state index in [0.717, 1.165) is 31.6 Å². The van der Waals surface area contributed by atoms with Gasteiger partial charge in [-0.1, -0.05) is 0 Å². The SMILES string of the molecule is Cc1c(OC(=O)Nc2ccc(N3CCCCC3)c(C#N)c2)cnn1-c1ccc(F)cc1. The van der Waals surface area contributed by atoms with Gasteiger partial charge in [0, 0.05) is 18.8 Å². The Morgan fingerprint density at radius 2 is 1.90 bits per heavy atom. The number of halogens is 1. The maximum absolute atomic E-state index is 13.1. The van der Waals surface area contributed by atoms with Gasteiger partial charge in [-0.2, -0.15) is 10.4 Å². The van der Waals surface area contributed by atoms with Crippen LogP contribution in [0.5, 0.6) is 5.75 Å². The van der Waals surface area contributed by atoms with Crippen LogP contribution in [0.2, 0.25) is 0 Å². The maximum atomic E-state index is 13.1. The van der Waals surface area contributed by atoms with Crippen molar-refractivity contribution in [2.45, 2.75) is 26.2 Å². The summed E-state index contributed by atoms with van der Waals surface area (Å²) in [7, 11) is 0. The number of piperidine rings is 1. The topological polar surface area (TPSA) is 83.2 Å². The van der Waals surface area contributed by atoms with Crippen LogP contribution in [0.25, 0.3) is 5.69 Å². The highest BCUT2D eigenvalue weighted by Crippen LogP contribution is 2.27. The summed E-state index contributed by atoms with van der Waals surface area (Å²) in [4.78, 5) is 14.6. The molecule has 0 unspecified atom stereocenters. The Labute approximate surface area is 179 Å². The van der Waals surface area contributed by atoms with Crippen molar-refractivity contribution in [2.24, 2.45) is 0 Å². The Kier molecular flexibility index (Phi) is 5.85. The van der Waals surface area contributed by atoms with E-state index in [-0.39, 0.29) is 11.6 Å². The van der Waals surface area contributed by atoms with Gasteiger partial charge in [-0.25, -0.2) is 13.9 Å². The lowest BCUT2D eigenvalue weighted by molar-refractivity contribution is 0.215. The van der Waals surface area contributed by atoms with Gasteiger partial charge in [0.15, 0.2) is 5.75 Å². The molecule has 0 spiro atoms. The first-order chi connectivity index (χ1) is 15.0. The molecule has 1 aliphatic rings. The maximum Gasteiger partial charge on any atom is 0.417 e. The molecule has 4 rings (SSSR count). The van der Waals surface area contributed by atoms with Crippen molar-refractivity contribution in [2.75, 3.05) is 23.3 Å². The fraction of sp³-hybridized carbons (Fsp3) is 0.261. The fourth-order valence-corrected chi connectivity index (χ4v) is 3.69. The molecule has 0 aliphatic carbocycles. The van der Waals surface area contributed by atoms with Crippen molar-refractivity contribution in [3.63, 3.8) is 0 Å². The lowest BCUT2D eigenvalue weighted by atomic mass is 10.1. The van der Waals surface area contributed by atoms with E-state index in [1.165, 1.54) is 24.8 Å². The van der Waals surface area contributed by atoms with Crippen LogP contribution < -0.4 is 15.0 Å². The molecule has 158 valence electrons. The van der Waals surface area contributed by atoms with Gasteiger partial charge >= 0.3 is 6.09 Å². The first kappa shape index (κ1) is 20.4. The summed E-state index contributed by atoms with van der Waals surface area (Å²) in [5.41, 5.74) is 3.13. The summed E-state index contributed by atoms with van der Waals surface area (Å²) in [6.45, 7) is 3.61. The molecule has 8 heteroatoms. The van der Waals surface area contributed by atoms with Crippen LogP contribution in [-0.4, -0.2) is 29.0 Å². The molecule has 0 bridgehead atoms. The predicted molar refractivity (Wildman–Crippen MR) is 115 cm³/mol. The Morgan fingerprint density at radius 3 is 2.61 bits per heavy atom. The van der Waals surface area contributed by atoms with Crippen molar-refractivity contribution in [3.05, 3.63) is 65.7 Å². The number of hydrogen-bond donors (Lipinski definition) is 1. The largest absolute Gasteiger partial charge is 0.417 e. The smallest absolute Gasteiger partial charge is 0.406 e. The minimum Gasteiger partial charge on any atom is -0.406 e. The number of hydrogen-bond acceptors (Lipinski definition) is 5. The number of nitrogens with one attached hydrogen (secondary N) is 1. The molecular weight excluding hydrogens is 397 g/mol. The Hall–Kier alpha value is -3.86.